The molecule has 1 fully saturated rings. The molecule has 0 spiro atoms. The third-order valence-electron chi connectivity index (χ3n) is 5.10. The lowest BCUT2D eigenvalue weighted by atomic mass is 10.2. The van der Waals surface area contributed by atoms with E-state index in [4.69, 9.17) is 10.5 Å². The molecule has 0 aliphatic carbocycles. The van der Waals surface area contributed by atoms with Gasteiger partial charge in [-0.15, -0.1) is 0 Å². The van der Waals surface area contributed by atoms with Crippen molar-refractivity contribution in [3.63, 3.8) is 0 Å². The maximum Gasteiger partial charge on any atom is 0.416 e. The first-order chi connectivity index (χ1) is 14.1. The summed E-state index contributed by atoms with van der Waals surface area (Å²) < 4.78 is 47.0. The fourth-order valence-electron chi connectivity index (χ4n) is 3.67. The second kappa shape index (κ2) is 8.50. The first-order valence-electron chi connectivity index (χ1n) is 9.59. The van der Waals surface area contributed by atoms with Crippen LogP contribution in [0.2, 0.25) is 0 Å². The SMILES string of the molecule is CCn1c(=O)n(CC(=O)N(CC(N)=O)CC2CCCO2)c2ccc(C(F)(F)F)cc21. The third kappa shape index (κ3) is 4.50. The second-order valence-corrected chi connectivity index (χ2v) is 7.19. The molecule has 164 valence electrons. The first kappa shape index (κ1) is 21.9. The van der Waals surface area contributed by atoms with E-state index in [0.29, 0.717) is 6.61 Å². The van der Waals surface area contributed by atoms with Gasteiger partial charge < -0.3 is 15.4 Å². The molecule has 2 heterocycles. The maximum atomic E-state index is 13.1. The number of halogens is 3. The van der Waals surface area contributed by atoms with Crippen molar-refractivity contribution in [1.82, 2.24) is 14.0 Å². The summed E-state index contributed by atoms with van der Waals surface area (Å²) in [6.07, 6.45) is -3.21. The number of aryl methyl sites for hydroxylation is 1. The molecule has 1 aromatic heterocycles. The highest BCUT2D eigenvalue weighted by molar-refractivity contribution is 5.85. The molecule has 1 saturated heterocycles. The van der Waals surface area contributed by atoms with E-state index >= 15 is 0 Å². The summed E-state index contributed by atoms with van der Waals surface area (Å²) in [5, 5.41) is 0. The van der Waals surface area contributed by atoms with Crippen LogP contribution in [0.3, 0.4) is 0 Å². The fourth-order valence-corrected chi connectivity index (χ4v) is 3.67. The summed E-state index contributed by atoms with van der Waals surface area (Å²) in [5.74, 6) is -1.25. The molecule has 1 atom stereocenters. The van der Waals surface area contributed by atoms with Gasteiger partial charge in [0, 0.05) is 19.7 Å². The topological polar surface area (TPSA) is 99.6 Å². The van der Waals surface area contributed by atoms with Gasteiger partial charge in [-0.2, -0.15) is 13.2 Å². The Labute approximate surface area is 170 Å². The van der Waals surface area contributed by atoms with Crippen LogP contribution >= 0.6 is 0 Å². The van der Waals surface area contributed by atoms with Gasteiger partial charge in [-0.3, -0.25) is 18.7 Å². The van der Waals surface area contributed by atoms with Crippen molar-refractivity contribution in [2.45, 2.75) is 45.1 Å². The number of hydrogen-bond acceptors (Lipinski definition) is 4. The minimum absolute atomic E-state index is 0.0886. The van der Waals surface area contributed by atoms with Crippen LogP contribution in [0.15, 0.2) is 23.0 Å². The molecule has 2 aromatic rings. The minimum atomic E-state index is -4.56. The lowest BCUT2D eigenvalue weighted by molar-refractivity contribution is -0.137. The summed E-state index contributed by atoms with van der Waals surface area (Å²) in [5.41, 5.74) is 4.06. The van der Waals surface area contributed by atoms with E-state index in [0.717, 1.165) is 29.5 Å². The van der Waals surface area contributed by atoms with Crippen LogP contribution in [-0.2, 0) is 33.6 Å². The van der Waals surface area contributed by atoms with Crippen molar-refractivity contribution in [2.24, 2.45) is 5.73 Å². The Morgan fingerprint density at radius 3 is 2.57 bits per heavy atom. The number of rotatable bonds is 7. The average molecular weight is 428 g/mol. The lowest BCUT2D eigenvalue weighted by Gasteiger charge is -2.24. The van der Waals surface area contributed by atoms with Crippen molar-refractivity contribution in [3.05, 3.63) is 34.2 Å². The van der Waals surface area contributed by atoms with Crippen LogP contribution in [0.4, 0.5) is 13.2 Å². The molecular formula is C19H23F3N4O4. The predicted molar refractivity (Wildman–Crippen MR) is 102 cm³/mol. The van der Waals surface area contributed by atoms with Gasteiger partial charge in [-0.25, -0.2) is 4.79 Å². The molecule has 1 aliphatic rings. The highest BCUT2D eigenvalue weighted by atomic mass is 19.4. The molecule has 2 N–H and O–H groups in total. The summed E-state index contributed by atoms with van der Waals surface area (Å²) in [4.78, 5) is 38.3. The molecule has 1 aliphatic heterocycles. The number of benzene rings is 1. The van der Waals surface area contributed by atoms with Crippen molar-refractivity contribution in [3.8, 4) is 0 Å². The zero-order chi connectivity index (χ0) is 22.1. The Balaban J connectivity index is 1.94. The van der Waals surface area contributed by atoms with Crippen LogP contribution in [0.25, 0.3) is 11.0 Å². The number of primary amides is 1. The van der Waals surface area contributed by atoms with Gasteiger partial charge in [0.1, 0.15) is 6.54 Å². The predicted octanol–water partition coefficient (Wildman–Crippen LogP) is 1.33. The molecule has 0 bridgehead atoms. The Morgan fingerprint density at radius 2 is 2.00 bits per heavy atom. The zero-order valence-corrected chi connectivity index (χ0v) is 16.4. The van der Waals surface area contributed by atoms with E-state index in [-0.39, 0.29) is 36.8 Å². The molecule has 3 rings (SSSR count). The monoisotopic (exact) mass is 428 g/mol. The Bertz CT molecular complexity index is 1010. The van der Waals surface area contributed by atoms with E-state index in [9.17, 15) is 27.6 Å². The van der Waals surface area contributed by atoms with Gasteiger partial charge in [0.05, 0.1) is 29.2 Å². The van der Waals surface area contributed by atoms with Gasteiger partial charge >= 0.3 is 11.9 Å². The van der Waals surface area contributed by atoms with Crippen LogP contribution < -0.4 is 11.4 Å². The number of carbonyl (C=O) groups is 2. The fraction of sp³-hybridized carbons (Fsp3) is 0.526. The van der Waals surface area contributed by atoms with E-state index in [1.165, 1.54) is 15.5 Å². The van der Waals surface area contributed by atoms with Gasteiger partial charge in [-0.1, -0.05) is 0 Å². The molecule has 0 saturated carbocycles. The molecular weight excluding hydrogens is 405 g/mol. The zero-order valence-electron chi connectivity index (χ0n) is 16.4. The van der Waals surface area contributed by atoms with Gasteiger partial charge in [0.2, 0.25) is 11.8 Å². The average Bonchev–Trinajstić information content (AvgIpc) is 3.26. The highest BCUT2D eigenvalue weighted by Crippen LogP contribution is 2.31. The Morgan fingerprint density at radius 1 is 1.27 bits per heavy atom. The van der Waals surface area contributed by atoms with E-state index < -0.39 is 35.8 Å². The van der Waals surface area contributed by atoms with Crippen molar-refractivity contribution < 1.29 is 27.5 Å². The summed E-state index contributed by atoms with van der Waals surface area (Å²) >= 11 is 0. The first-order valence-corrected chi connectivity index (χ1v) is 9.59. The standard InChI is InChI=1S/C19H23F3N4O4/c1-2-25-15-8-12(19(20,21)22)5-6-14(15)26(18(25)29)11-17(28)24(10-16(23)27)9-13-4-3-7-30-13/h5-6,8,13H,2-4,7,9-11H2,1H3,(H2,23,27). The van der Waals surface area contributed by atoms with Crippen LogP contribution in [0.1, 0.15) is 25.3 Å². The largest absolute Gasteiger partial charge is 0.416 e. The number of nitrogens with two attached hydrogens (primary N) is 1. The Kier molecular flexibility index (Phi) is 6.20. The van der Waals surface area contributed by atoms with E-state index in [1.807, 2.05) is 0 Å². The van der Waals surface area contributed by atoms with Gasteiger partial charge in [0.15, 0.2) is 0 Å². The van der Waals surface area contributed by atoms with E-state index in [1.54, 1.807) is 6.92 Å². The second-order valence-electron chi connectivity index (χ2n) is 7.19. The number of carbonyl (C=O) groups excluding carboxylic acids is 2. The Hall–Kier alpha value is -2.82. The molecule has 8 nitrogen and oxygen atoms in total. The molecule has 1 unspecified atom stereocenters. The minimum Gasteiger partial charge on any atom is -0.376 e. The lowest BCUT2D eigenvalue weighted by Crippen LogP contribution is -2.45. The van der Waals surface area contributed by atoms with E-state index in [2.05, 4.69) is 0 Å². The summed E-state index contributed by atoms with van der Waals surface area (Å²) in [7, 11) is 0. The number of hydrogen-bond donors (Lipinski definition) is 1. The van der Waals surface area contributed by atoms with Crippen molar-refractivity contribution in [1.29, 1.82) is 0 Å². The van der Waals surface area contributed by atoms with Crippen molar-refractivity contribution in [2.75, 3.05) is 19.7 Å². The number of imidazole rings is 1. The number of fused-ring (bicyclic) bond motifs is 1. The van der Waals surface area contributed by atoms with Crippen LogP contribution in [0.5, 0.6) is 0 Å². The van der Waals surface area contributed by atoms with Crippen LogP contribution in [-0.4, -0.2) is 51.6 Å². The quantitative estimate of drug-likeness (QED) is 0.719. The summed E-state index contributed by atoms with van der Waals surface area (Å²) in [6, 6.07) is 2.95. The number of alkyl halides is 3. The number of amides is 2. The summed E-state index contributed by atoms with van der Waals surface area (Å²) in [6.45, 7) is 1.73. The molecule has 30 heavy (non-hydrogen) atoms. The normalized spacial score (nSPS) is 16.9. The number of ether oxygens (including phenoxy) is 1. The molecule has 11 heteroatoms. The smallest absolute Gasteiger partial charge is 0.376 e. The maximum absolute atomic E-state index is 13.1. The van der Waals surface area contributed by atoms with Gasteiger partial charge in [0.25, 0.3) is 0 Å². The number of nitrogens with zero attached hydrogens (tertiary/aromatic N) is 3. The molecule has 1 aromatic carbocycles. The molecule has 0 radical (unpaired) electrons. The van der Waals surface area contributed by atoms with Gasteiger partial charge in [-0.05, 0) is 38.0 Å². The van der Waals surface area contributed by atoms with Crippen LogP contribution in [0, 0.1) is 0 Å². The third-order valence-corrected chi connectivity index (χ3v) is 5.10. The number of aromatic nitrogens is 2. The highest BCUT2D eigenvalue weighted by Gasteiger charge is 2.32. The molecule has 2 amide bonds. The van der Waals surface area contributed by atoms with Crippen molar-refractivity contribution >= 4 is 22.8 Å².